The second kappa shape index (κ2) is 6.64. The van der Waals surface area contributed by atoms with Crippen molar-refractivity contribution in [3.8, 4) is 0 Å². The van der Waals surface area contributed by atoms with Crippen molar-refractivity contribution in [2.24, 2.45) is 18.9 Å². The second-order valence-corrected chi connectivity index (χ2v) is 7.30. The number of rotatable bonds is 6. The first-order valence-electron chi connectivity index (χ1n) is 9.07. The van der Waals surface area contributed by atoms with Gasteiger partial charge in [-0.25, -0.2) is 4.98 Å². The summed E-state index contributed by atoms with van der Waals surface area (Å²) in [5.41, 5.74) is 1.52. The number of anilines is 1. The normalized spacial score (nSPS) is 23.2. The summed E-state index contributed by atoms with van der Waals surface area (Å²) in [5, 5.41) is 18.2. The van der Waals surface area contributed by atoms with E-state index in [9.17, 15) is 14.9 Å². The first-order valence-corrected chi connectivity index (χ1v) is 9.07. The van der Waals surface area contributed by atoms with Gasteiger partial charge in [-0.15, -0.1) is 0 Å². The van der Waals surface area contributed by atoms with Crippen molar-refractivity contribution in [3.63, 3.8) is 0 Å². The molecule has 4 rings (SSSR count). The number of pyridine rings is 1. The van der Waals surface area contributed by atoms with Crippen LogP contribution >= 0.6 is 0 Å². The first kappa shape index (κ1) is 17.4. The topological polar surface area (TPSA) is 106 Å². The van der Waals surface area contributed by atoms with Crippen LogP contribution in [0.2, 0.25) is 0 Å². The minimum atomic E-state index is -0.412. The van der Waals surface area contributed by atoms with E-state index in [2.05, 4.69) is 20.3 Å². The third-order valence-corrected chi connectivity index (χ3v) is 5.62. The van der Waals surface area contributed by atoms with E-state index >= 15 is 0 Å². The van der Waals surface area contributed by atoms with Crippen LogP contribution in [0.25, 0.3) is 0 Å². The van der Waals surface area contributed by atoms with E-state index in [1.54, 1.807) is 23.9 Å². The average molecular weight is 370 g/mol. The van der Waals surface area contributed by atoms with Crippen molar-refractivity contribution in [1.82, 2.24) is 20.1 Å². The fraction of sp³-hybridized carbons (Fsp3) is 0.500. The number of carbonyl (C=O) groups is 1. The standard InChI is InChI=1S/C18H22N6O3/c1-11-15(24(26)27)4-5-16(20-11)23-9-13-14(10-23)18(13)21-17(25)6-3-12-7-8-19-22(12)2/h4-5,7-8,13-14,18H,3,6,9-10H2,1-2H3,(H,21,25)/t13-,14+,18?. The molecule has 2 aliphatic rings. The van der Waals surface area contributed by atoms with Crippen LogP contribution in [0.4, 0.5) is 11.5 Å². The number of nitrogens with one attached hydrogen (secondary N) is 1. The molecular formula is C18H22N6O3. The number of aryl methyl sites for hydroxylation is 3. The molecule has 1 saturated heterocycles. The lowest BCUT2D eigenvalue weighted by Crippen LogP contribution is -2.35. The van der Waals surface area contributed by atoms with Crippen molar-refractivity contribution in [1.29, 1.82) is 0 Å². The van der Waals surface area contributed by atoms with Gasteiger partial charge < -0.3 is 10.2 Å². The van der Waals surface area contributed by atoms with Crippen LogP contribution in [0.3, 0.4) is 0 Å². The van der Waals surface area contributed by atoms with Gasteiger partial charge in [0.05, 0.1) is 4.92 Å². The van der Waals surface area contributed by atoms with Crippen molar-refractivity contribution in [3.05, 3.63) is 45.9 Å². The quantitative estimate of drug-likeness (QED) is 0.605. The van der Waals surface area contributed by atoms with Gasteiger partial charge in [0.1, 0.15) is 11.5 Å². The molecular weight excluding hydrogens is 348 g/mol. The number of nitrogens with zero attached hydrogens (tertiary/aromatic N) is 5. The van der Waals surface area contributed by atoms with Crippen LogP contribution in [-0.4, -0.2) is 44.7 Å². The summed E-state index contributed by atoms with van der Waals surface area (Å²) in [4.78, 5) is 29.2. The Kier molecular flexibility index (Phi) is 4.29. The zero-order chi connectivity index (χ0) is 19.1. The average Bonchev–Trinajstić information content (AvgIpc) is 2.99. The van der Waals surface area contributed by atoms with Gasteiger partial charge in [0, 0.05) is 62.4 Å². The van der Waals surface area contributed by atoms with Gasteiger partial charge >= 0.3 is 0 Å². The Labute approximate surface area is 156 Å². The molecule has 1 N–H and O–H groups in total. The predicted octanol–water partition coefficient (Wildman–Crippen LogP) is 1.22. The number of piperidine rings is 1. The molecule has 1 aliphatic carbocycles. The van der Waals surface area contributed by atoms with Gasteiger partial charge in [0.25, 0.3) is 5.69 Å². The molecule has 142 valence electrons. The van der Waals surface area contributed by atoms with Gasteiger partial charge in [-0.05, 0) is 25.5 Å². The molecule has 9 heteroatoms. The van der Waals surface area contributed by atoms with Gasteiger partial charge in [0.2, 0.25) is 5.91 Å². The van der Waals surface area contributed by atoms with Gasteiger partial charge in [-0.2, -0.15) is 5.10 Å². The maximum Gasteiger partial charge on any atom is 0.290 e. The summed E-state index contributed by atoms with van der Waals surface area (Å²) < 4.78 is 1.79. The van der Waals surface area contributed by atoms with E-state index in [0.29, 0.717) is 30.4 Å². The summed E-state index contributed by atoms with van der Waals surface area (Å²) in [6, 6.07) is 5.38. The third kappa shape index (κ3) is 3.36. The molecule has 2 fully saturated rings. The highest BCUT2D eigenvalue weighted by Gasteiger charge is 2.56. The molecule has 2 aromatic rings. The van der Waals surface area contributed by atoms with E-state index < -0.39 is 4.92 Å². The van der Waals surface area contributed by atoms with Gasteiger partial charge in [0.15, 0.2) is 0 Å². The highest BCUT2D eigenvalue weighted by Crippen LogP contribution is 2.46. The third-order valence-electron chi connectivity index (χ3n) is 5.62. The van der Waals surface area contributed by atoms with Crippen LogP contribution < -0.4 is 10.2 Å². The molecule has 3 heterocycles. The molecule has 9 nitrogen and oxygen atoms in total. The SMILES string of the molecule is Cc1nc(N2C[C@@H]3C(NC(=O)CCc4ccnn4C)[C@@H]3C2)ccc1[N+](=O)[O-]. The maximum absolute atomic E-state index is 12.2. The van der Waals surface area contributed by atoms with Crippen molar-refractivity contribution >= 4 is 17.4 Å². The fourth-order valence-electron chi connectivity index (χ4n) is 3.98. The Morgan fingerprint density at radius 2 is 2.07 bits per heavy atom. The highest BCUT2D eigenvalue weighted by molar-refractivity contribution is 5.77. The number of hydrogen-bond donors (Lipinski definition) is 1. The monoisotopic (exact) mass is 370 g/mol. The summed E-state index contributed by atoms with van der Waals surface area (Å²) in [6.07, 6.45) is 2.88. The van der Waals surface area contributed by atoms with Crippen LogP contribution in [0.5, 0.6) is 0 Å². The zero-order valence-electron chi connectivity index (χ0n) is 15.3. The van der Waals surface area contributed by atoms with Gasteiger partial charge in [-0.3, -0.25) is 19.6 Å². The molecule has 1 aliphatic heterocycles. The lowest BCUT2D eigenvalue weighted by molar-refractivity contribution is -0.385. The Morgan fingerprint density at radius 1 is 1.33 bits per heavy atom. The highest BCUT2D eigenvalue weighted by atomic mass is 16.6. The van der Waals surface area contributed by atoms with Crippen LogP contribution in [0.1, 0.15) is 17.8 Å². The largest absolute Gasteiger partial charge is 0.356 e. The fourth-order valence-corrected chi connectivity index (χ4v) is 3.98. The lowest BCUT2D eigenvalue weighted by atomic mass is 10.2. The Hall–Kier alpha value is -2.97. The lowest BCUT2D eigenvalue weighted by Gasteiger charge is -2.21. The van der Waals surface area contributed by atoms with E-state index in [0.717, 1.165) is 24.6 Å². The number of fused-ring (bicyclic) bond motifs is 1. The Balaban J connectivity index is 1.27. The van der Waals surface area contributed by atoms with E-state index in [1.807, 2.05) is 13.1 Å². The zero-order valence-corrected chi connectivity index (χ0v) is 15.3. The number of hydrogen-bond acceptors (Lipinski definition) is 6. The minimum Gasteiger partial charge on any atom is -0.356 e. The van der Waals surface area contributed by atoms with Crippen molar-refractivity contribution in [2.45, 2.75) is 25.8 Å². The molecule has 1 unspecified atom stereocenters. The van der Waals surface area contributed by atoms with Crippen LogP contribution in [-0.2, 0) is 18.3 Å². The second-order valence-electron chi connectivity index (χ2n) is 7.30. The molecule has 1 saturated carbocycles. The predicted molar refractivity (Wildman–Crippen MR) is 98.3 cm³/mol. The van der Waals surface area contributed by atoms with Crippen molar-refractivity contribution < 1.29 is 9.72 Å². The maximum atomic E-state index is 12.2. The number of carbonyl (C=O) groups excluding carboxylic acids is 1. The number of amides is 1. The van der Waals surface area contributed by atoms with Crippen LogP contribution in [0, 0.1) is 28.9 Å². The molecule has 27 heavy (non-hydrogen) atoms. The molecule has 0 radical (unpaired) electrons. The smallest absolute Gasteiger partial charge is 0.290 e. The molecule has 3 atom stereocenters. The van der Waals surface area contributed by atoms with E-state index in [-0.39, 0.29) is 17.6 Å². The molecule has 0 spiro atoms. The Morgan fingerprint density at radius 3 is 2.67 bits per heavy atom. The van der Waals surface area contributed by atoms with Crippen LogP contribution in [0.15, 0.2) is 24.4 Å². The van der Waals surface area contributed by atoms with Gasteiger partial charge in [-0.1, -0.05) is 0 Å². The minimum absolute atomic E-state index is 0.0432. The summed E-state index contributed by atoms with van der Waals surface area (Å²) in [5.74, 6) is 1.71. The molecule has 1 amide bonds. The Bertz CT molecular complexity index is 883. The molecule has 2 aromatic heterocycles. The summed E-state index contributed by atoms with van der Waals surface area (Å²) >= 11 is 0. The van der Waals surface area contributed by atoms with E-state index in [4.69, 9.17) is 0 Å². The number of aromatic nitrogens is 3. The first-order chi connectivity index (χ1) is 12.9. The molecule has 0 bridgehead atoms. The van der Waals surface area contributed by atoms with E-state index in [1.165, 1.54) is 6.07 Å². The number of nitro groups is 1. The van der Waals surface area contributed by atoms with Crippen molar-refractivity contribution in [2.75, 3.05) is 18.0 Å². The summed E-state index contributed by atoms with van der Waals surface area (Å²) in [7, 11) is 1.88. The molecule has 0 aromatic carbocycles. The summed E-state index contributed by atoms with van der Waals surface area (Å²) in [6.45, 7) is 3.30.